The molecule has 2 heterocycles. The molecule has 292 valence electrons. The second-order valence-corrected chi connectivity index (χ2v) is 18.9. The summed E-state index contributed by atoms with van der Waals surface area (Å²) in [4.78, 5) is 87.3. The molecule has 0 radical (unpaired) electrons. The molecule has 0 aromatic carbocycles. The molecule has 5 fully saturated rings. The van der Waals surface area contributed by atoms with E-state index in [1.54, 1.807) is 4.90 Å². The maximum Gasteiger partial charge on any atom is 0.316 e. The molecular formula is C39H65N7O6. The minimum absolute atomic E-state index is 0.0209. The van der Waals surface area contributed by atoms with Gasteiger partial charge in [0.05, 0.1) is 6.04 Å². The smallest absolute Gasteiger partial charge is 0.316 e. The van der Waals surface area contributed by atoms with Gasteiger partial charge in [0.15, 0.2) is 0 Å². The number of hydrogen-bond acceptors (Lipinski definition) is 7. The van der Waals surface area contributed by atoms with Crippen LogP contribution in [0.2, 0.25) is 0 Å². The van der Waals surface area contributed by atoms with Crippen molar-refractivity contribution >= 4 is 35.4 Å². The van der Waals surface area contributed by atoms with Gasteiger partial charge in [-0.3, -0.25) is 28.9 Å². The molecule has 5 rings (SSSR count). The third-order valence-electron chi connectivity index (χ3n) is 14.3. The van der Waals surface area contributed by atoms with Crippen LogP contribution in [0.15, 0.2) is 0 Å². The Kier molecular flexibility index (Phi) is 10.9. The highest BCUT2D eigenvalue weighted by atomic mass is 16.2. The SMILES string of the molecule is CC(C)C(NC(=O)NC(C(=O)N1CC2(CC1C(=O)NC(CC1CCC1)C(=O)C(N)=O)C(C)(C)C21CCC1)C(C)(C)C)C(=O)N1C[C@@H](C)N(C)[C@@H](C)C1. The first-order chi connectivity index (χ1) is 24.1. The van der Waals surface area contributed by atoms with E-state index in [0.717, 1.165) is 38.5 Å². The summed E-state index contributed by atoms with van der Waals surface area (Å²) in [5, 5.41) is 8.69. The van der Waals surface area contributed by atoms with Gasteiger partial charge >= 0.3 is 6.03 Å². The van der Waals surface area contributed by atoms with E-state index < -0.39 is 53.2 Å². The van der Waals surface area contributed by atoms with E-state index in [2.05, 4.69) is 48.5 Å². The maximum atomic E-state index is 14.8. The van der Waals surface area contributed by atoms with Crippen molar-refractivity contribution in [2.45, 2.75) is 150 Å². The standard InChI is InChI=1S/C39H65N7O6/c1-22(2)28(33(50)45-19-23(3)44(10)24(4)20-45)42-35(52)43-30(36(5,6)7)34(51)46-21-39(37(8,9)38(39)15-12-16-38)18-27(46)32(49)41-26(29(47)31(40)48)17-25-13-11-14-25/h22-28,30H,11-21H2,1-10H3,(H2,40,48)(H,41,49)(H2,42,43,52)/t23-,24+,26?,27?,28?,30?,39?. The fraction of sp³-hybridized carbons (Fsp3) is 0.846. The van der Waals surface area contributed by atoms with Crippen molar-refractivity contribution in [2.24, 2.45) is 39.2 Å². The monoisotopic (exact) mass is 727 g/mol. The number of piperazine rings is 1. The number of nitrogens with one attached hydrogen (secondary N) is 3. The second-order valence-electron chi connectivity index (χ2n) is 18.9. The Morgan fingerprint density at radius 1 is 0.865 bits per heavy atom. The van der Waals surface area contributed by atoms with Crippen LogP contribution in [0.3, 0.4) is 0 Å². The summed E-state index contributed by atoms with van der Waals surface area (Å²) < 4.78 is 0. The third kappa shape index (κ3) is 6.83. The summed E-state index contributed by atoms with van der Waals surface area (Å²) in [6, 6.07) is -4.05. The molecule has 3 aliphatic carbocycles. The quantitative estimate of drug-likeness (QED) is 0.237. The Hall–Kier alpha value is -3.22. The van der Waals surface area contributed by atoms with Crippen LogP contribution in [0, 0.1) is 33.5 Å². The number of urea groups is 1. The highest BCUT2D eigenvalue weighted by molar-refractivity contribution is 6.37. The highest BCUT2D eigenvalue weighted by Crippen LogP contribution is 2.88. The summed E-state index contributed by atoms with van der Waals surface area (Å²) in [5.41, 5.74) is 4.29. The second kappa shape index (κ2) is 14.2. The molecule has 13 heteroatoms. The molecule has 6 amide bonds. The van der Waals surface area contributed by atoms with E-state index >= 15 is 0 Å². The average molecular weight is 728 g/mol. The van der Waals surface area contributed by atoms with Crippen LogP contribution in [-0.2, 0) is 24.0 Å². The summed E-state index contributed by atoms with van der Waals surface area (Å²) >= 11 is 0. The molecule has 0 aromatic rings. The zero-order chi connectivity index (χ0) is 38.7. The lowest BCUT2D eigenvalue weighted by Crippen LogP contribution is -2.63. The van der Waals surface area contributed by atoms with Crippen molar-refractivity contribution in [2.75, 3.05) is 26.7 Å². The number of carbonyl (C=O) groups excluding carboxylic acids is 6. The van der Waals surface area contributed by atoms with E-state index in [9.17, 15) is 28.8 Å². The first kappa shape index (κ1) is 40.0. The predicted molar refractivity (Wildman–Crippen MR) is 198 cm³/mol. The van der Waals surface area contributed by atoms with Crippen LogP contribution >= 0.6 is 0 Å². The minimum atomic E-state index is -1.09. The zero-order valence-corrected chi connectivity index (χ0v) is 33.3. The molecule has 5 aliphatic rings. The van der Waals surface area contributed by atoms with E-state index in [1.807, 2.05) is 46.6 Å². The van der Waals surface area contributed by atoms with Gasteiger partial charge in [-0.2, -0.15) is 0 Å². The number of hydrogen-bond donors (Lipinski definition) is 4. The number of ketones is 1. The van der Waals surface area contributed by atoms with Gasteiger partial charge in [-0.25, -0.2) is 4.79 Å². The Morgan fingerprint density at radius 2 is 1.46 bits per heavy atom. The molecule has 3 saturated carbocycles. The lowest BCUT2D eigenvalue weighted by Gasteiger charge is -2.43. The topological polar surface area (TPSA) is 174 Å². The first-order valence-electron chi connectivity index (χ1n) is 19.6. The molecule has 7 atom stereocenters. The first-order valence-corrected chi connectivity index (χ1v) is 19.6. The predicted octanol–water partition coefficient (Wildman–Crippen LogP) is 2.80. The van der Waals surface area contributed by atoms with E-state index in [4.69, 9.17) is 5.73 Å². The van der Waals surface area contributed by atoms with Gasteiger partial charge in [0, 0.05) is 37.1 Å². The lowest BCUT2D eigenvalue weighted by atomic mass is 9.73. The number of likely N-dealkylation sites (N-methyl/N-ethyl adjacent to an activating group) is 1. The fourth-order valence-corrected chi connectivity index (χ4v) is 10.2. The Morgan fingerprint density at radius 3 is 1.90 bits per heavy atom. The van der Waals surface area contributed by atoms with Crippen LogP contribution in [0.4, 0.5) is 4.79 Å². The summed E-state index contributed by atoms with van der Waals surface area (Å²) in [7, 11) is 2.05. The number of carbonyl (C=O) groups is 6. The van der Waals surface area contributed by atoms with Crippen LogP contribution in [-0.4, -0.2) is 113 Å². The van der Waals surface area contributed by atoms with Crippen molar-refractivity contribution in [3.63, 3.8) is 0 Å². The fourth-order valence-electron chi connectivity index (χ4n) is 10.2. The van der Waals surface area contributed by atoms with Crippen molar-refractivity contribution in [3.05, 3.63) is 0 Å². The molecule has 0 aromatic heterocycles. The molecule has 5 unspecified atom stereocenters. The Labute approximate surface area is 310 Å². The summed E-state index contributed by atoms with van der Waals surface area (Å²) in [6.45, 7) is 19.4. The van der Waals surface area contributed by atoms with Crippen LogP contribution in [0.1, 0.15) is 114 Å². The van der Waals surface area contributed by atoms with Gasteiger partial charge in [-0.1, -0.05) is 74.1 Å². The van der Waals surface area contributed by atoms with E-state index in [1.165, 1.54) is 0 Å². The molecule has 5 N–H and O–H groups in total. The largest absolute Gasteiger partial charge is 0.363 e. The van der Waals surface area contributed by atoms with Crippen molar-refractivity contribution in [3.8, 4) is 0 Å². The molecule has 13 nitrogen and oxygen atoms in total. The number of primary amides is 1. The van der Waals surface area contributed by atoms with Gasteiger partial charge < -0.3 is 31.5 Å². The zero-order valence-electron chi connectivity index (χ0n) is 33.3. The normalized spacial score (nSPS) is 29.9. The van der Waals surface area contributed by atoms with Crippen molar-refractivity contribution < 1.29 is 28.8 Å². The van der Waals surface area contributed by atoms with Gasteiger partial charge in [0.1, 0.15) is 18.1 Å². The van der Waals surface area contributed by atoms with Crippen molar-refractivity contribution in [1.82, 2.24) is 30.7 Å². The molecule has 0 bridgehead atoms. The molecular weight excluding hydrogens is 662 g/mol. The summed E-state index contributed by atoms with van der Waals surface area (Å²) in [5.74, 6) is -2.91. The van der Waals surface area contributed by atoms with E-state index in [0.29, 0.717) is 32.5 Å². The lowest BCUT2D eigenvalue weighted by molar-refractivity contribution is -0.143. The Bertz CT molecular complexity index is 1440. The number of amides is 6. The minimum Gasteiger partial charge on any atom is -0.363 e. The number of likely N-dealkylation sites (tertiary alicyclic amines) is 1. The highest BCUT2D eigenvalue weighted by Gasteiger charge is 2.85. The van der Waals surface area contributed by atoms with Crippen LogP contribution in [0.25, 0.3) is 0 Å². The molecule has 2 spiro atoms. The van der Waals surface area contributed by atoms with Crippen LogP contribution in [0.5, 0.6) is 0 Å². The molecule has 2 saturated heterocycles. The van der Waals surface area contributed by atoms with Gasteiger partial charge in [0.25, 0.3) is 5.91 Å². The number of nitrogens with zero attached hydrogens (tertiary/aromatic N) is 3. The Balaban J connectivity index is 1.38. The van der Waals surface area contributed by atoms with Crippen molar-refractivity contribution in [1.29, 1.82) is 0 Å². The van der Waals surface area contributed by atoms with Gasteiger partial charge in [-0.05, 0) is 74.7 Å². The number of nitrogens with two attached hydrogens (primary N) is 1. The van der Waals surface area contributed by atoms with E-state index in [-0.39, 0.29) is 52.0 Å². The number of rotatable bonds is 11. The molecule has 52 heavy (non-hydrogen) atoms. The van der Waals surface area contributed by atoms with Gasteiger partial charge in [-0.15, -0.1) is 0 Å². The summed E-state index contributed by atoms with van der Waals surface area (Å²) in [6.07, 6.45) is 6.81. The maximum absolute atomic E-state index is 14.8. The van der Waals surface area contributed by atoms with Crippen LogP contribution < -0.4 is 21.7 Å². The molecule has 2 aliphatic heterocycles. The third-order valence-corrected chi connectivity index (χ3v) is 14.3. The number of Topliss-reactive ketones (excluding diaryl/α,β-unsaturated/α-hetero) is 1. The number of fused-ring (bicyclic) bond motifs is 1. The van der Waals surface area contributed by atoms with Gasteiger partial charge in [0.2, 0.25) is 23.5 Å². The average Bonchev–Trinajstić information content (AvgIpc) is 3.23.